The molecule has 0 aromatic carbocycles. The van der Waals surface area contributed by atoms with E-state index in [4.69, 9.17) is 0 Å². The molecule has 0 aromatic rings. The summed E-state index contributed by atoms with van der Waals surface area (Å²) in [6.45, 7) is 3.76. The van der Waals surface area contributed by atoms with E-state index in [1.54, 1.807) is 6.92 Å². The van der Waals surface area contributed by atoms with Crippen molar-refractivity contribution in [3.63, 3.8) is 0 Å². The molecule has 0 radical (unpaired) electrons. The smallest absolute Gasteiger partial charge is 0.270 e. The maximum Gasteiger partial charge on any atom is 0.270 e. The lowest BCUT2D eigenvalue weighted by molar-refractivity contribution is -0.508. The Kier molecular flexibility index (Phi) is 6.98. The number of rotatable bonds is 8. The van der Waals surface area contributed by atoms with Gasteiger partial charge < -0.3 is 0 Å². The lowest BCUT2D eigenvalue weighted by Gasteiger charge is -2.06. The highest BCUT2D eigenvalue weighted by Gasteiger charge is 2.26. The maximum atomic E-state index is 11.2. The van der Waals surface area contributed by atoms with Gasteiger partial charge >= 0.3 is 0 Å². The molecule has 0 aliphatic heterocycles. The molecule has 0 saturated heterocycles. The molecule has 0 bridgehead atoms. The molecule has 0 N–H and O–H groups in total. The molecule has 0 spiro atoms. The predicted molar refractivity (Wildman–Crippen MR) is 54.8 cm³/mol. The van der Waals surface area contributed by atoms with Gasteiger partial charge in [0.25, 0.3) is 6.04 Å². The summed E-state index contributed by atoms with van der Waals surface area (Å²) < 4.78 is 0. The third-order valence-corrected chi connectivity index (χ3v) is 2.31. The van der Waals surface area contributed by atoms with Gasteiger partial charge in [-0.1, -0.05) is 33.1 Å². The highest BCUT2D eigenvalue weighted by atomic mass is 16.6. The summed E-state index contributed by atoms with van der Waals surface area (Å²) in [7, 11) is 0. The molecule has 0 fully saturated rings. The van der Waals surface area contributed by atoms with Crippen molar-refractivity contribution in [3.05, 3.63) is 10.1 Å². The summed E-state index contributed by atoms with van der Waals surface area (Å²) in [6.07, 6.45) is 4.62. The average Bonchev–Trinajstić information content (AvgIpc) is 2.16. The minimum Gasteiger partial charge on any atom is -0.292 e. The standard InChI is InChI=1S/C10H19NO3/c1-3-5-6-7-8-9(11(13)14)10(12)4-2/h9H,3-8H2,1-2H3. The third kappa shape index (κ3) is 4.94. The highest BCUT2D eigenvalue weighted by molar-refractivity contribution is 5.82. The van der Waals surface area contributed by atoms with E-state index in [0.717, 1.165) is 25.7 Å². The second-order valence-electron chi connectivity index (χ2n) is 3.47. The fraction of sp³-hybridized carbons (Fsp3) is 0.900. The second-order valence-corrected chi connectivity index (χ2v) is 3.47. The molecule has 1 unspecified atom stereocenters. The average molecular weight is 201 g/mol. The van der Waals surface area contributed by atoms with Crippen LogP contribution in [0, 0.1) is 10.1 Å². The van der Waals surface area contributed by atoms with Crippen molar-refractivity contribution in [3.8, 4) is 0 Å². The number of unbranched alkanes of at least 4 members (excludes halogenated alkanes) is 3. The van der Waals surface area contributed by atoms with Crippen molar-refractivity contribution < 1.29 is 9.72 Å². The molecular formula is C10H19NO3. The SMILES string of the molecule is CCCCCCC(C(=O)CC)[N+](=O)[O-]. The summed E-state index contributed by atoms with van der Waals surface area (Å²) in [6, 6.07) is -0.961. The van der Waals surface area contributed by atoms with Gasteiger partial charge in [-0.2, -0.15) is 0 Å². The number of Topliss-reactive ketones (excluding diaryl/α,β-unsaturated/α-hetero) is 1. The van der Waals surface area contributed by atoms with E-state index in [9.17, 15) is 14.9 Å². The number of nitro groups is 1. The summed E-state index contributed by atoms with van der Waals surface area (Å²) in [5, 5.41) is 10.5. The van der Waals surface area contributed by atoms with Crippen LogP contribution in [0.3, 0.4) is 0 Å². The Labute approximate surface area is 84.8 Å². The molecule has 0 heterocycles. The summed E-state index contributed by atoms with van der Waals surface area (Å²) >= 11 is 0. The van der Waals surface area contributed by atoms with Gasteiger partial charge in [0, 0.05) is 17.8 Å². The zero-order valence-corrected chi connectivity index (χ0v) is 8.99. The van der Waals surface area contributed by atoms with E-state index in [0.29, 0.717) is 6.42 Å². The lowest BCUT2D eigenvalue weighted by Crippen LogP contribution is -2.28. The van der Waals surface area contributed by atoms with Gasteiger partial charge in [0.05, 0.1) is 0 Å². The van der Waals surface area contributed by atoms with Crippen LogP contribution in [0.5, 0.6) is 0 Å². The summed E-state index contributed by atoms with van der Waals surface area (Å²) in [5.41, 5.74) is 0. The second kappa shape index (κ2) is 7.47. The molecule has 82 valence electrons. The van der Waals surface area contributed by atoms with E-state index in [2.05, 4.69) is 6.92 Å². The number of ketones is 1. The molecule has 14 heavy (non-hydrogen) atoms. The fourth-order valence-electron chi connectivity index (χ4n) is 1.38. The Morgan fingerprint density at radius 2 is 1.93 bits per heavy atom. The minimum absolute atomic E-state index is 0.244. The van der Waals surface area contributed by atoms with Crippen LogP contribution in [0.1, 0.15) is 52.4 Å². The Bertz CT molecular complexity index is 192. The van der Waals surface area contributed by atoms with Gasteiger partial charge in [-0.25, -0.2) is 0 Å². The molecular weight excluding hydrogens is 182 g/mol. The first-order chi connectivity index (χ1) is 6.63. The summed E-state index contributed by atoms with van der Waals surface area (Å²) in [5.74, 6) is -0.244. The van der Waals surface area contributed by atoms with E-state index in [1.807, 2.05) is 0 Å². The van der Waals surface area contributed by atoms with Crippen LogP contribution in [0.4, 0.5) is 0 Å². The van der Waals surface area contributed by atoms with Gasteiger partial charge in [-0.15, -0.1) is 0 Å². The number of hydrogen-bond acceptors (Lipinski definition) is 3. The molecule has 0 aliphatic rings. The molecule has 0 amide bonds. The van der Waals surface area contributed by atoms with E-state index < -0.39 is 11.0 Å². The molecule has 0 aliphatic carbocycles. The Balaban J connectivity index is 3.86. The quantitative estimate of drug-likeness (QED) is 0.344. The van der Waals surface area contributed by atoms with Gasteiger partial charge in [-0.05, 0) is 6.42 Å². The monoisotopic (exact) mass is 201 g/mol. The van der Waals surface area contributed by atoms with Gasteiger partial charge in [0.2, 0.25) is 5.78 Å². The number of hydrogen-bond donors (Lipinski definition) is 0. The Morgan fingerprint density at radius 1 is 1.29 bits per heavy atom. The zero-order chi connectivity index (χ0) is 11.0. The largest absolute Gasteiger partial charge is 0.292 e. The number of nitrogens with zero attached hydrogens (tertiary/aromatic N) is 1. The van der Waals surface area contributed by atoms with Crippen molar-refractivity contribution in [2.75, 3.05) is 0 Å². The van der Waals surface area contributed by atoms with Crippen molar-refractivity contribution >= 4 is 5.78 Å². The van der Waals surface area contributed by atoms with Gasteiger partial charge in [0.1, 0.15) is 0 Å². The van der Waals surface area contributed by atoms with Crippen LogP contribution in [0.25, 0.3) is 0 Å². The molecule has 4 heteroatoms. The van der Waals surface area contributed by atoms with Crippen molar-refractivity contribution in [2.24, 2.45) is 0 Å². The molecule has 0 rings (SSSR count). The van der Waals surface area contributed by atoms with Crippen LogP contribution in [-0.4, -0.2) is 16.7 Å². The first kappa shape index (κ1) is 13.1. The molecule has 4 nitrogen and oxygen atoms in total. The van der Waals surface area contributed by atoms with E-state index in [1.165, 1.54) is 0 Å². The van der Waals surface area contributed by atoms with Crippen molar-refractivity contribution in [1.82, 2.24) is 0 Å². The first-order valence-corrected chi connectivity index (χ1v) is 5.29. The minimum atomic E-state index is -0.961. The van der Waals surface area contributed by atoms with E-state index >= 15 is 0 Å². The van der Waals surface area contributed by atoms with Crippen molar-refractivity contribution in [1.29, 1.82) is 0 Å². The van der Waals surface area contributed by atoms with E-state index in [-0.39, 0.29) is 12.2 Å². The van der Waals surface area contributed by atoms with Crippen LogP contribution < -0.4 is 0 Å². The Morgan fingerprint density at radius 3 is 2.36 bits per heavy atom. The van der Waals surface area contributed by atoms with Crippen molar-refractivity contribution in [2.45, 2.75) is 58.4 Å². The lowest BCUT2D eigenvalue weighted by atomic mass is 10.0. The fourth-order valence-corrected chi connectivity index (χ4v) is 1.38. The first-order valence-electron chi connectivity index (χ1n) is 5.29. The van der Waals surface area contributed by atoms with Crippen LogP contribution >= 0.6 is 0 Å². The zero-order valence-electron chi connectivity index (χ0n) is 8.99. The Hall–Kier alpha value is -0.930. The molecule has 0 aromatic heterocycles. The maximum absolute atomic E-state index is 11.2. The normalized spacial score (nSPS) is 12.4. The number of carbonyl (C=O) groups excluding carboxylic acids is 1. The van der Waals surface area contributed by atoms with Crippen LogP contribution in [-0.2, 0) is 4.79 Å². The summed E-state index contributed by atoms with van der Waals surface area (Å²) in [4.78, 5) is 21.3. The predicted octanol–water partition coefficient (Wildman–Crippen LogP) is 2.58. The molecule has 1 atom stereocenters. The highest BCUT2D eigenvalue weighted by Crippen LogP contribution is 2.09. The van der Waals surface area contributed by atoms with Gasteiger partial charge in [0.15, 0.2) is 0 Å². The van der Waals surface area contributed by atoms with Gasteiger partial charge in [-0.3, -0.25) is 14.9 Å². The number of carbonyl (C=O) groups is 1. The van der Waals surface area contributed by atoms with Crippen LogP contribution in [0.2, 0.25) is 0 Å². The third-order valence-electron chi connectivity index (χ3n) is 2.31. The molecule has 0 saturated carbocycles. The topological polar surface area (TPSA) is 60.2 Å². The van der Waals surface area contributed by atoms with Crippen LogP contribution in [0.15, 0.2) is 0 Å².